The summed E-state index contributed by atoms with van der Waals surface area (Å²) in [6, 6.07) is 0.442. The molecule has 0 amide bonds. The van der Waals surface area contributed by atoms with Gasteiger partial charge < -0.3 is 10.6 Å². The average molecular weight is 238 g/mol. The zero-order valence-electron chi connectivity index (χ0n) is 11.7. The van der Waals surface area contributed by atoms with Gasteiger partial charge in [0.25, 0.3) is 0 Å². The number of hydrogen-bond donors (Lipinski definition) is 1. The lowest BCUT2D eigenvalue weighted by atomic mass is 9.72. The standard InChI is InChI=1S/C15H30N2/c1-12-9-13(2)14(15(16)10-12)11-17-7-5-3-4-6-8-17/h12-15H,3-11,16H2,1-2H3. The van der Waals surface area contributed by atoms with Crippen LogP contribution in [0.15, 0.2) is 0 Å². The number of rotatable bonds is 2. The van der Waals surface area contributed by atoms with Crippen molar-refractivity contribution in [3.63, 3.8) is 0 Å². The quantitative estimate of drug-likeness (QED) is 0.801. The summed E-state index contributed by atoms with van der Waals surface area (Å²) in [6.07, 6.45) is 8.27. The highest BCUT2D eigenvalue weighted by Gasteiger charge is 2.32. The van der Waals surface area contributed by atoms with E-state index in [4.69, 9.17) is 5.73 Å². The fraction of sp³-hybridized carbons (Fsp3) is 1.00. The summed E-state index contributed by atoms with van der Waals surface area (Å²) in [5, 5.41) is 0. The van der Waals surface area contributed by atoms with Crippen molar-refractivity contribution in [1.29, 1.82) is 0 Å². The van der Waals surface area contributed by atoms with Gasteiger partial charge in [-0.05, 0) is 56.5 Å². The Kier molecular flexibility index (Phi) is 4.87. The third kappa shape index (κ3) is 3.69. The molecule has 1 aliphatic heterocycles. The average Bonchev–Trinajstić information content (AvgIpc) is 2.51. The fourth-order valence-electron chi connectivity index (χ4n) is 3.90. The van der Waals surface area contributed by atoms with Crippen molar-refractivity contribution in [3.8, 4) is 0 Å². The van der Waals surface area contributed by atoms with Gasteiger partial charge in [-0.2, -0.15) is 0 Å². The molecule has 4 atom stereocenters. The van der Waals surface area contributed by atoms with Crippen LogP contribution < -0.4 is 5.73 Å². The maximum absolute atomic E-state index is 6.39. The molecule has 1 aliphatic carbocycles. The van der Waals surface area contributed by atoms with Gasteiger partial charge in [0.2, 0.25) is 0 Å². The molecular weight excluding hydrogens is 208 g/mol. The van der Waals surface area contributed by atoms with Crippen molar-refractivity contribution >= 4 is 0 Å². The van der Waals surface area contributed by atoms with Crippen LogP contribution in [0.2, 0.25) is 0 Å². The molecule has 0 aromatic heterocycles. The monoisotopic (exact) mass is 238 g/mol. The minimum Gasteiger partial charge on any atom is -0.327 e. The molecule has 1 heterocycles. The Morgan fingerprint density at radius 2 is 1.65 bits per heavy atom. The van der Waals surface area contributed by atoms with Crippen LogP contribution in [0, 0.1) is 17.8 Å². The van der Waals surface area contributed by atoms with E-state index in [1.54, 1.807) is 0 Å². The van der Waals surface area contributed by atoms with Gasteiger partial charge in [0, 0.05) is 12.6 Å². The summed E-state index contributed by atoms with van der Waals surface area (Å²) in [6.45, 7) is 8.66. The van der Waals surface area contributed by atoms with Gasteiger partial charge in [-0.1, -0.05) is 26.7 Å². The molecule has 2 fully saturated rings. The highest BCUT2D eigenvalue weighted by Crippen LogP contribution is 2.33. The van der Waals surface area contributed by atoms with E-state index in [-0.39, 0.29) is 0 Å². The third-order valence-corrected chi connectivity index (χ3v) is 4.90. The van der Waals surface area contributed by atoms with Crippen LogP contribution in [-0.4, -0.2) is 30.6 Å². The van der Waals surface area contributed by atoms with Crippen molar-refractivity contribution in [1.82, 2.24) is 4.90 Å². The maximum Gasteiger partial charge on any atom is 0.00844 e. The number of nitrogens with two attached hydrogens (primary N) is 1. The van der Waals surface area contributed by atoms with E-state index < -0.39 is 0 Å². The van der Waals surface area contributed by atoms with E-state index in [1.807, 2.05) is 0 Å². The van der Waals surface area contributed by atoms with Gasteiger partial charge >= 0.3 is 0 Å². The number of nitrogens with zero attached hydrogens (tertiary/aromatic N) is 1. The minimum atomic E-state index is 0.442. The van der Waals surface area contributed by atoms with E-state index in [2.05, 4.69) is 18.7 Å². The first-order valence-corrected chi connectivity index (χ1v) is 7.64. The van der Waals surface area contributed by atoms with Crippen molar-refractivity contribution in [3.05, 3.63) is 0 Å². The molecule has 1 saturated carbocycles. The van der Waals surface area contributed by atoms with E-state index >= 15 is 0 Å². The van der Waals surface area contributed by atoms with E-state index in [1.165, 1.54) is 58.2 Å². The summed E-state index contributed by atoms with van der Waals surface area (Å²) in [4.78, 5) is 2.68. The van der Waals surface area contributed by atoms with Crippen molar-refractivity contribution in [2.75, 3.05) is 19.6 Å². The second-order valence-corrected chi connectivity index (χ2v) is 6.60. The molecule has 0 radical (unpaired) electrons. The molecule has 17 heavy (non-hydrogen) atoms. The SMILES string of the molecule is CC1CC(C)C(CN2CCCCCC2)C(N)C1. The first-order valence-electron chi connectivity index (χ1n) is 7.64. The van der Waals surface area contributed by atoms with Crippen LogP contribution >= 0.6 is 0 Å². The fourth-order valence-corrected chi connectivity index (χ4v) is 3.90. The molecular formula is C15H30N2. The number of hydrogen-bond acceptors (Lipinski definition) is 2. The Labute approximate surface area is 107 Å². The topological polar surface area (TPSA) is 29.3 Å². The first kappa shape index (κ1) is 13.4. The van der Waals surface area contributed by atoms with Gasteiger partial charge in [0.15, 0.2) is 0 Å². The molecule has 2 heteroatoms. The maximum atomic E-state index is 6.39. The summed E-state index contributed by atoms with van der Waals surface area (Å²) in [5.74, 6) is 2.39. The second kappa shape index (κ2) is 6.19. The molecule has 0 aromatic rings. The summed E-state index contributed by atoms with van der Waals surface area (Å²) < 4.78 is 0. The minimum absolute atomic E-state index is 0.442. The van der Waals surface area contributed by atoms with Crippen molar-refractivity contribution in [2.45, 2.75) is 58.4 Å². The van der Waals surface area contributed by atoms with E-state index in [9.17, 15) is 0 Å². The van der Waals surface area contributed by atoms with Crippen LogP contribution in [0.1, 0.15) is 52.4 Å². The molecule has 100 valence electrons. The molecule has 2 nitrogen and oxygen atoms in total. The first-order chi connectivity index (χ1) is 8.16. The normalized spacial score (nSPS) is 41.1. The van der Waals surface area contributed by atoms with Gasteiger partial charge in [-0.25, -0.2) is 0 Å². The Morgan fingerprint density at radius 1 is 1.00 bits per heavy atom. The predicted molar refractivity (Wildman–Crippen MR) is 73.9 cm³/mol. The van der Waals surface area contributed by atoms with Crippen molar-refractivity contribution < 1.29 is 0 Å². The zero-order chi connectivity index (χ0) is 12.3. The predicted octanol–water partition coefficient (Wildman–Crippen LogP) is 2.87. The van der Waals surface area contributed by atoms with Crippen LogP contribution in [-0.2, 0) is 0 Å². The lowest BCUT2D eigenvalue weighted by molar-refractivity contribution is 0.119. The molecule has 0 bridgehead atoms. The lowest BCUT2D eigenvalue weighted by Crippen LogP contribution is -2.46. The summed E-state index contributed by atoms with van der Waals surface area (Å²) >= 11 is 0. The zero-order valence-corrected chi connectivity index (χ0v) is 11.7. The molecule has 2 rings (SSSR count). The summed E-state index contributed by atoms with van der Waals surface area (Å²) in [5.41, 5.74) is 6.39. The second-order valence-electron chi connectivity index (χ2n) is 6.60. The largest absolute Gasteiger partial charge is 0.327 e. The Morgan fingerprint density at radius 3 is 2.24 bits per heavy atom. The molecule has 1 saturated heterocycles. The van der Waals surface area contributed by atoms with E-state index in [0.29, 0.717) is 6.04 Å². The molecule has 4 unspecified atom stereocenters. The van der Waals surface area contributed by atoms with Gasteiger partial charge in [-0.3, -0.25) is 0 Å². The van der Waals surface area contributed by atoms with Crippen LogP contribution in [0.5, 0.6) is 0 Å². The van der Waals surface area contributed by atoms with Crippen LogP contribution in [0.3, 0.4) is 0 Å². The van der Waals surface area contributed by atoms with E-state index in [0.717, 1.165) is 17.8 Å². The highest BCUT2D eigenvalue weighted by molar-refractivity contribution is 4.87. The molecule has 0 spiro atoms. The van der Waals surface area contributed by atoms with Gasteiger partial charge in [-0.15, -0.1) is 0 Å². The number of likely N-dealkylation sites (tertiary alicyclic amines) is 1. The lowest BCUT2D eigenvalue weighted by Gasteiger charge is -2.40. The molecule has 2 N–H and O–H groups in total. The molecule has 0 aromatic carbocycles. The Hall–Kier alpha value is -0.0800. The third-order valence-electron chi connectivity index (χ3n) is 4.90. The van der Waals surface area contributed by atoms with Crippen LogP contribution in [0.25, 0.3) is 0 Å². The summed E-state index contributed by atoms with van der Waals surface area (Å²) in [7, 11) is 0. The highest BCUT2D eigenvalue weighted by atomic mass is 15.1. The van der Waals surface area contributed by atoms with Crippen LogP contribution in [0.4, 0.5) is 0 Å². The Balaban J connectivity index is 1.87. The smallest absolute Gasteiger partial charge is 0.00844 e. The van der Waals surface area contributed by atoms with Gasteiger partial charge in [0.1, 0.15) is 0 Å². The Bertz CT molecular complexity index is 209. The van der Waals surface area contributed by atoms with Gasteiger partial charge in [0.05, 0.1) is 0 Å². The molecule has 2 aliphatic rings. The van der Waals surface area contributed by atoms with Crippen molar-refractivity contribution in [2.24, 2.45) is 23.5 Å².